The minimum atomic E-state index is -4.47. The van der Waals surface area contributed by atoms with Gasteiger partial charge in [0.2, 0.25) is 0 Å². The summed E-state index contributed by atoms with van der Waals surface area (Å²) in [6.45, 7) is 3.43. The lowest BCUT2D eigenvalue weighted by Crippen LogP contribution is -2.15. The predicted octanol–water partition coefficient (Wildman–Crippen LogP) is 6.22. The number of benzene rings is 2. The second-order valence-corrected chi connectivity index (χ2v) is 7.66. The van der Waals surface area contributed by atoms with Gasteiger partial charge in [-0.05, 0) is 55.8 Å². The Morgan fingerprint density at radius 2 is 1.63 bits per heavy atom. The second-order valence-electron chi connectivity index (χ2n) is 5.55. The lowest BCUT2D eigenvalue weighted by molar-refractivity contribution is -0.137. The first-order valence-electron chi connectivity index (χ1n) is 8.27. The molecule has 0 aliphatic carbocycles. The van der Waals surface area contributed by atoms with E-state index >= 15 is 0 Å². The van der Waals surface area contributed by atoms with E-state index in [0.29, 0.717) is 5.56 Å². The van der Waals surface area contributed by atoms with Crippen LogP contribution in [0.1, 0.15) is 30.8 Å². The van der Waals surface area contributed by atoms with Crippen molar-refractivity contribution in [2.24, 2.45) is 0 Å². The third-order valence-electron chi connectivity index (χ3n) is 3.61. The molecule has 0 amide bonds. The number of hydrogen-bond acceptors (Lipinski definition) is 4. The Labute approximate surface area is 155 Å². The molecule has 1 atom stereocenters. The van der Waals surface area contributed by atoms with Gasteiger partial charge in [-0.2, -0.15) is 13.2 Å². The highest BCUT2D eigenvalue weighted by molar-refractivity contribution is 7.54. The molecule has 0 heterocycles. The Bertz CT molecular complexity index is 786. The molecule has 0 aliphatic heterocycles. The first-order chi connectivity index (χ1) is 12.7. The molecule has 0 saturated carbocycles. The Kier molecular flexibility index (Phi) is 7.03. The number of hydrogen-bond donors (Lipinski definition) is 1. The number of alkyl halides is 3. The average Bonchev–Trinajstić information content (AvgIpc) is 2.59. The molecule has 0 aliphatic rings. The summed E-state index contributed by atoms with van der Waals surface area (Å²) in [6.07, 6.45) is -4.47. The Balaban J connectivity index is 2.42. The van der Waals surface area contributed by atoms with E-state index in [9.17, 15) is 22.1 Å². The van der Waals surface area contributed by atoms with Crippen molar-refractivity contribution in [1.29, 1.82) is 0 Å². The molecule has 2 aromatic carbocycles. The summed E-state index contributed by atoms with van der Waals surface area (Å²) in [4.78, 5) is 0. The van der Waals surface area contributed by atoms with Crippen LogP contribution in [0.15, 0.2) is 48.5 Å². The zero-order valence-corrected chi connectivity index (χ0v) is 15.7. The fourth-order valence-electron chi connectivity index (χ4n) is 2.48. The quantitative estimate of drug-likeness (QED) is 0.418. The lowest BCUT2D eigenvalue weighted by atomic mass is 10.2. The van der Waals surface area contributed by atoms with Gasteiger partial charge in [-0.3, -0.25) is 4.57 Å². The fraction of sp³-hybridized carbons (Fsp3) is 0.333. The van der Waals surface area contributed by atoms with Crippen LogP contribution in [0.25, 0.3) is 0 Å². The van der Waals surface area contributed by atoms with Crippen LogP contribution in [0, 0.1) is 5.82 Å². The maximum Gasteiger partial charge on any atom is 0.416 e. The Hall–Kier alpha value is -1.89. The topological polar surface area (TPSA) is 47.6 Å². The first-order valence-corrected chi connectivity index (χ1v) is 9.89. The summed E-state index contributed by atoms with van der Waals surface area (Å²) < 4.78 is 75.8. The van der Waals surface area contributed by atoms with Gasteiger partial charge < -0.3 is 14.4 Å². The molecule has 1 unspecified atom stereocenters. The van der Waals surface area contributed by atoms with E-state index in [1.807, 2.05) is 0 Å². The molecule has 2 aromatic rings. The molecule has 4 nitrogen and oxygen atoms in total. The molecule has 9 heteroatoms. The third-order valence-corrected chi connectivity index (χ3v) is 5.91. The van der Waals surface area contributed by atoms with Crippen molar-refractivity contribution in [3.05, 3.63) is 65.5 Å². The zero-order valence-electron chi connectivity index (χ0n) is 14.8. The maximum atomic E-state index is 13.7. The smallest absolute Gasteiger partial charge is 0.368 e. The summed E-state index contributed by atoms with van der Waals surface area (Å²) in [7, 11) is -3.78. The lowest BCUT2D eigenvalue weighted by Gasteiger charge is -2.28. The van der Waals surface area contributed by atoms with Gasteiger partial charge in [0.25, 0.3) is 0 Å². The van der Waals surface area contributed by atoms with E-state index in [-0.39, 0.29) is 18.9 Å². The van der Waals surface area contributed by atoms with Crippen LogP contribution in [-0.4, -0.2) is 13.2 Å². The van der Waals surface area contributed by atoms with Crippen LogP contribution in [0.2, 0.25) is 0 Å². The van der Waals surface area contributed by atoms with Crippen LogP contribution < -0.4 is 5.32 Å². The van der Waals surface area contributed by atoms with E-state index in [1.165, 1.54) is 36.4 Å². The number of rotatable bonds is 8. The van der Waals surface area contributed by atoms with Crippen molar-refractivity contribution in [1.82, 2.24) is 0 Å². The molecule has 0 bridgehead atoms. The van der Waals surface area contributed by atoms with Crippen LogP contribution in [0.4, 0.5) is 23.2 Å². The van der Waals surface area contributed by atoms with E-state index < -0.39 is 30.9 Å². The van der Waals surface area contributed by atoms with Gasteiger partial charge in [0, 0.05) is 5.69 Å². The largest absolute Gasteiger partial charge is 0.416 e. The molecule has 0 spiro atoms. The predicted molar refractivity (Wildman–Crippen MR) is 95.1 cm³/mol. The normalized spacial score (nSPS) is 13.4. The summed E-state index contributed by atoms with van der Waals surface area (Å²) in [5, 5.41) is 2.86. The minimum absolute atomic E-state index is 0.0811. The minimum Gasteiger partial charge on any atom is -0.368 e. The molecule has 2 rings (SSSR count). The molecule has 0 saturated heterocycles. The molecule has 0 fully saturated rings. The van der Waals surface area contributed by atoms with Gasteiger partial charge in [0.05, 0.1) is 18.8 Å². The molecule has 27 heavy (non-hydrogen) atoms. The third kappa shape index (κ3) is 5.54. The second kappa shape index (κ2) is 8.87. The highest BCUT2D eigenvalue weighted by Crippen LogP contribution is 2.60. The highest BCUT2D eigenvalue weighted by atomic mass is 31.2. The monoisotopic (exact) mass is 405 g/mol. The molecule has 1 N–H and O–H groups in total. The van der Waals surface area contributed by atoms with Gasteiger partial charge in [-0.15, -0.1) is 0 Å². The van der Waals surface area contributed by atoms with Crippen LogP contribution >= 0.6 is 7.60 Å². The summed E-state index contributed by atoms with van der Waals surface area (Å²) >= 11 is 0. The van der Waals surface area contributed by atoms with E-state index in [1.54, 1.807) is 13.8 Å². The maximum absolute atomic E-state index is 13.7. The van der Waals surface area contributed by atoms with E-state index in [2.05, 4.69) is 5.32 Å². The molecule has 0 aromatic heterocycles. The fourth-order valence-corrected chi connectivity index (χ4v) is 4.41. The molecule has 0 radical (unpaired) electrons. The van der Waals surface area contributed by atoms with Crippen molar-refractivity contribution < 1.29 is 31.2 Å². The van der Waals surface area contributed by atoms with Crippen molar-refractivity contribution in [3.8, 4) is 0 Å². The van der Waals surface area contributed by atoms with Crippen LogP contribution in [0.5, 0.6) is 0 Å². The molecular weight excluding hydrogens is 385 g/mol. The summed E-state index contributed by atoms with van der Waals surface area (Å²) in [5.74, 6) is -1.64. The number of halogens is 4. The highest BCUT2D eigenvalue weighted by Gasteiger charge is 2.37. The Morgan fingerprint density at radius 1 is 1.04 bits per heavy atom. The van der Waals surface area contributed by atoms with Crippen molar-refractivity contribution in [2.75, 3.05) is 18.5 Å². The van der Waals surface area contributed by atoms with Gasteiger partial charge >= 0.3 is 13.8 Å². The summed E-state index contributed by atoms with van der Waals surface area (Å²) in [6, 6.07) is 9.59. The first kappa shape index (κ1) is 21.4. The average molecular weight is 405 g/mol. The number of anilines is 1. The molecular formula is C18H20F4NO3P. The van der Waals surface area contributed by atoms with E-state index in [4.69, 9.17) is 9.05 Å². The van der Waals surface area contributed by atoms with Crippen molar-refractivity contribution in [2.45, 2.75) is 25.8 Å². The van der Waals surface area contributed by atoms with Gasteiger partial charge in [0.1, 0.15) is 5.82 Å². The Morgan fingerprint density at radius 3 is 2.11 bits per heavy atom. The molecule has 148 valence electrons. The van der Waals surface area contributed by atoms with Gasteiger partial charge in [0.15, 0.2) is 5.78 Å². The summed E-state index contributed by atoms with van der Waals surface area (Å²) in [5.41, 5.74) is -0.259. The van der Waals surface area contributed by atoms with Crippen molar-refractivity contribution in [3.63, 3.8) is 0 Å². The SMILES string of the molecule is CCOP(=O)(OCC)C(Nc1ccc(C(F)(F)F)cc1)c1cccc(F)c1. The van der Waals surface area contributed by atoms with Crippen molar-refractivity contribution >= 4 is 13.3 Å². The van der Waals surface area contributed by atoms with Crippen LogP contribution in [0.3, 0.4) is 0 Å². The van der Waals surface area contributed by atoms with Crippen LogP contribution in [-0.2, 0) is 19.8 Å². The van der Waals surface area contributed by atoms with E-state index in [0.717, 1.165) is 12.1 Å². The number of nitrogens with one attached hydrogen (secondary N) is 1. The standard InChI is InChI=1S/C18H20F4NO3P/c1-3-25-27(24,26-4-2)17(13-6-5-7-15(19)12-13)23-16-10-8-14(9-11-16)18(20,21)22/h5-12,17,23H,3-4H2,1-2H3. The van der Waals surface area contributed by atoms with Gasteiger partial charge in [-0.1, -0.05) is 12.1 Å². The van der Waals surface area contributed by atoms with Gasteiger partial charge in [-0.25, -0.2) is 4.39 Å². The zero-order chi connectivity index (χ0) is 20.1.